The quantitative estimate of drug-likeness (QED) is 0.688. The van der Waals surface area contributed by atoms with Gasteiger partial charge >= 0.3 is 0 Å². The van der Waals surface area contributed by atoms with Crippen molar-refractivity contribution in [3.8, 4) is 0 Å². The van der Waals surface area contributed by atoms with Crippen LogP contribution in [0.5, 0.6) is 0 Å². The van der Waals surface area contributed by atoms with E-state index in [1.807, 2.05) is 6.20 Å². The maximum atomic E-state index is 4.34. The monoisotopic (exact) mass is 177 g/mol. The maximum absolute atomic E-state index is 4.34. The summed E-state index contributed by atoms with van der Waals surface area (Å²) in [6.07, 6.45) is 5.38. The zero-order chi connectivity index (χ0) is 9.68. The normalized spacial score (nSPS) is 10.8. The lowest BCUT2D eigenvalue weighted by atomic mass is 10.0. The fraction of sp³-hybridized carbons (Fsp3) is 0.583. The van der Waals surface area contributed by atoms with E-state index in [1.165, 1.54) is 24.1 Å². The molecule has 0 spiro atoms. The van der Waals surface area contributed by atoms with Gasteiger partial charge in [0.15, 0.2) is 0 Å². The smallest absolute Gasteiger partial charge is 0.0406 e. The zero-order valence-corrected chi connectivity index (χ0v) is 8.88. The molecule has 0 aliphatic carbocycles. The van der Waals surface area contributed by atoms with Crippen LogP contribution in [0.3, 0.4) is 0 Å². The highest BCUT2D eigenvalue weighted by molar-refractivity contribution is 5.16. The maximum Gasteiger partial charge on any atom is 0.0406 e. The summed E-state index contributed by atoms with van der Waals surface area (Å²) in [6.45, 7) is 6.69. The van der Waals surface area contributed by atoms with Gasteiger partial charge in [-0.25, -0.2) is 0 Å². The number of hydrogen-bond donors (Lipinski definition) is 0. The fourth-order valence-electron chi connectivity index (χ4n) is 1.52. The third kappa shape index (κ3) is 3.58. The Morgan fingerprint density at radius 1 is 1.38 bits per heavy atom. The van der Waals surface area contributed by atoms with Gasteiger partial charge in [0.25, 0.3) is 0 Å². The van der Waals surface area contributed by atoms with Crippen LogP contribution < -0.4 is 0 Å². The summed E-state index contributed by atoms with van der Waals surface area (Å²) in [6, 6.07) is 4.36. The van der Waals surface area contributed by atoms with Crippen LogP contribution in [0.25, 0.3) is 0 Å². The van der Waals surface area contributed by atoms with Crippen molar-refractivity contribution < 1.29 is 0 Å². The molecule has 72 valence electrons. The first-order valence-electron chi connectivity index (χ1n) is 5.16. The van der Waals surface area contributed by atoms with Crippen LogP contribution in [-0.4, -0.2) is 4.98 Å². The summed E-state index contributed by atoms with van der Waals surface area (Å²) < 4.78 is 0. The molecule has 0 saturated heterocycles. The third-order valence-corrected chi connectivity index (χ3v) is 2.03. The summed E-state index contributed by atoms with van der Waals surface area (Å²) >= 11 is 0. The van der Waals surface area contributed by atoms with Crippen molar-refractivity contribution in [3.63, 3.8) is 0 Å². The predicted molar refractivity (Wildman–Crippen MR) is 56.8 cm³/mol. The van der Waals surface area contributed by atoms with Gasteiger partial charge in [0.1, 0.15) is 0 Å². The molecular weight excluding hydrogens is 158 g/mol. The number of aryl methyl sites for hydroxylation is 1. The van der Waals surface area contributed by atoms with Crippen LogP contribution in [0, 0.1) is 5.92 Å². The molecule has 0 bridgehead atoms. The number of hydrogen-bond acceptors (Lipinski definition) is 1. The van der Waals surface area contributed by atoms with E-state index in [-0.39, 0.29) is 0 Å². The molecular formula is C12H19N. The van der Waals surface area contributed by atoms with Crippen LogP contribution in [0.1, 0.15) is 38.4 Å². The Morgan fingerprint density at radius 3 is 2.77 bits per heavy atom. The van der Waals surface area contributed by atoms with E-state index in [1.54, 1.807) is 0 Å². The molecule has 0 saturated carbocycles. The molecule has 0 aliphatic rings. The van der Waals surface area contributed by atoms with Crippen LogP contribution in [0.15, 0.2) is 18.3 Å². The highest BCUT2D eigenvalue weighted by Crippen LogP contribution is 2.09. The Hall–Kier alpha value is -0.850. The molecule has 1 aromatic rings. The standard InChI is InChI=1S/C12H19N/c1-4-5-12-9-11(6-7-13-12)8-10(2)3/h6-7,9-10H,4-5,8H2,1-3H3. The van der Waals surface area contributed by atoms with Crippen molar-refractivity contribution in [2.24, 2.45) is 5.92 Å². The molecule has 1 nitrogen and oxygen atoms in total. The average molecular weight is 177 g/mol. The molecule has 0 amide bonds. The van der Waals surface area contributed by atoms with Gasteiger partial charge in [0, 0.05) is 11.9 Å². The summed E-state index contributed by atoms with van der Waals surface area (Å²) in [4.78, 5) is 4.34. The molecule has 0 radical (unpaired) electrons. The molecule has 0 aromatic carbocycles. The summed E-state index contributed by atoms with van der Waals surface area (Å²) in [5.74, 6) is 0.733. The molecule has 1 aromatic heterocycles. The van der Waals surface area contributed by atoms with Gasteiger partial charge in [-0.15, -0.1) is 0 Å². The van der Waals surface area contributed by atoms with Gasteiger partial charge in [-0.3, -0.25) is 4.98 Å². The molecule has 0 aliphatic heterocycles. The average Bonchev–Trinajstić information content (AvgIpc) is 2.04. The first-order chi connectivity index (χ1) is 6.22. The number of nitrogens with zero attached hydrogens (tertiary/aromatic N) is 1. The van der Waals surface area contributed by atoms with E-state index >= 15 is 0 Å². The molecule has 0 N–H and O–H groups in total. The lowest BCUT2D eigenvalue weighted by molar-refractivity contribution is 0.645. The second kappa shape index (κ2) is 5.00. The Bertz CT molecular complexity index is 253. The molecule has 0 atom stereocenters. The Morgan fingerprint density at radius 2 is 2.15 bits per heavy atom. The Balaban J connectivity index is 2.67. The van der Waals surface area contributed by atoms with Crippen LogP contribution in [0.2, 0.25) is 0 Å². The Labute approximate surface area is 81.2 Å². The van der Waals surface area contributed by atoms with Crippen molar-refractivity contribution in [1.29, 1.82) is 0 Å². The van der Waals surface area contributed by atoms with Crippen LogP contribution in [-0.2, 0) is 12.8 Å². The van der Waals surface area contributed by atoms with E-state index in [9.17, 15) is 0 Å². The van der Waals surface area contributed by atoms with Crippen molar-refractivity contribution >= 4 is 0 Å². The van der Waals surface area contributed by atoms with Gasteiger partial charge in [0.2, 0.25) is 0 Å². The van der Waals surface area contributed by atoms with Crippen molar-refractivity contribution in [2.75, 3.05) is 0 Å². The molecule has 1 rings (SSSR count). The highest BCUT2D eigenvalue weighted by Gasteiger charge is 1.99. The van der Waals surface area contributed by atoms with E-state index in [2.05, 4.69) is 37.9 Å². The molecule has 0 unspecified atom stereocenters. The summed E-state index contributed by atoms with van der Waals surface area (Å²) in [5.41, 5.74) is 2.66. The first-order valence-corrected chi connectivity index (χ1v) is 5.16. The second-order valence-electron chi connectivity index (χ2n) is 4.00. The third-order valence-electron chi connectivity index (χ3n) is 2.03. The number of aromatic nitrogens is 1. The minimum Gasteiger partial charge on any atom is -0.261 e. The highest BCUT2D eigenvalue weighted by atomic mass is 14.7. The lowest BCUT2D eigenvalue weighted by Crippen LogP contribution is -1.96. The molecule has 13 heavy (non-hydrogen) atoms. The van der Waals surface area contributed by atoms with Crippen molar-refractivity contribution in [3.05, 3.63) is 29.6 Å². The topological polar surface area (TPSA) is 12.9 Å². The number of pyridine rings is 1. The van der Waals surface area contributed by atoms with Gasteiger partial charge in [0.05, 0.1) is 0 Å². The SMILES string of the molecule is CCCc1cc(CC(C)C)ccn1. The van der Waals surface area contributed by atoms with Gasteiger partial charge < -0.3 is 0 Å². The fourth-order valence-corrected chi connectivity index (χ4v) is 1.52. The first kappa shape index (κ1) is 10.2. The minimum atomic E-state index is 0.733. The minimum absolute atomic E-state index is 0.733. The van der Waals surface area contributed by atoms with Crippen molar-refractivity contribution in [1.82, 2.24) is 4.98 Å². The van der Waals surface area contributed by atoms with Gasteiger partial charge in [-0.1, -0.05) is 27.2 Å². The Kier molecular flexibility index (Phi) is 3.94. The second-order valence-corrected chi connectivity index (χ2v) is 4.00. The van der Waals surface area contributed by atoms with E-state index < -0.39 is 0 Å². The molecule has 0 fully saturated rings. The summed E-state index contributed by atoms with van der Waals surface area (Å²) in [5, 5.41) is 0. The number of rotatable bonds is 4. The zero-order valence-electron chi connectivity index (χ0n) is 8.88. The van der Waals surface area contributed by atoms with E-state index in [0.29, 0.717) is 0 Å². The largest absolute Gasteiger partial charge is 0.261 e. The van der Waals surface area contributed by atoms with E-state index in [4.69, 9.17) is 0 Å². The van der Waals surface area contributed by atoms with E-state index in [0.717, 1.165) is 12.3 Å². The molecule has 1 heteroatoms. The molecule has 1 heterocycles. The predicted octanol–water partition coefficient (Wildman–Crippen LogP) is 3.23. The van der Waals surface area contributed by atoms with Crippen LogP contribution in [0.4, 0.5) is 0 Å². The van der Waals surface area contributed by atoms with Crippen molar-refractivity contribution in [2.45, 2.75) is 40.0 Å². The summed E-state index contributed by atoms with van der Waals surface area (Å²) in [7, 11) is 0. The lowest BCUT2D eigenvalue weighted by Gasteiger charge is -2.05. The van der Waals surface area contributed by atoms with Gasteiger partial charge in [-0.05, 0) is 36.5 Å². The van der Waals surface area contributed by atoms with Crippen LogP contribution >= 0.6 is 0 Å². The van der Waals surface area contributed by atoms with Gasteiger partial charge in [-0.2, -0.15) is 0 Å².